The smallest absolute Gasteiger partial charge is 0.222 e. The highest BCUT2D eigenvalue weighted by atomic mass is 16.2. The Morgan fingerprint density at radius 2 is 2.12 bits per heavy atom. The van der Waals surface area contributed by atoms with Crippen LogP contribution in [-0.4, -0.2) is 30.4 Å². The average molecular weight is 238 g/mol. The van der Waals surface area contributed by atoms with E-state index < -0.39 is 0 Å². The van der Waals surface area contributed by atoms with Gasteiger partial charge in [-0.1, -0.05) is 19.8 Å². The normalized spacial score (nSPS) is 34.0. The summed E-state index contributed by atoms with van der Waals surface area (Å²) in [5, 5.41) is 0. The van der Waals surface area contributed by atoms with E-state index in [0.29, 0.717) is 17.7 Å². The highest BCUT2D eigenvalue weighted by Gasteiger charge is 2.28. The van der Waals surface area contributed by atoms with E-state index in [0.717, 1.165) is 38.4 Å². The molecule has 1 amide bonds. The monoisotopic (exact) mass is 238 g/mol. The molecular weight excluding hydrogens is 212 g/mol. The fourth-order valence-electron chi connectivity index (χ4n) is 3.37. The zero-order chi connectivity index (χ0) is 12.3. The van der Waals surface area contributed by atoms with Crippen LogP contribution in [-0.2, 0) is 4.79 Å². The first kappa shape index (κ1) is 12.9. The Hall–Kier alpha value is -0.570. The van der Waals surface area contributed by atoms with Gasteiger partial charge < -0.3 is 10.6 Å². The minimum absolute atomic E-state index is 0.375. The molecule has 3 heteroatoms. The largest absolute Gasteiger partial charge is 0.342 e. The summed E-state index contributed by atoms with van der Waals surface area (Å²) < 4.78 is 0. The molecule has 98 valence electrons. The van der Waals surface area contributed by atoms with Crippen molar-refractivity contribution in [1.82, 2.24) is 4.90 Å². The third-order valence-electron chi connectivity index (χ3n) is 4.48. The Morgan fingerprint density at radius 1 is 1.29 bits per heavy atom. The van der Waals surface area contributed by atoms with Crippen LogP contribution >= 0.6 is 0 Å². The van der Waals surface area contributed by atoms with Gasteiger partial charge in [0.2, 0.25) is 5.91 Å². The summed E-state index contributed by atoms with van der Waals surface area (Å²) in [4.78, 5) is 14.2. The van der Waals surface area contributed by atoms with Crippen LogP contribution in [0.25, 0.3) is 0 Å². The lowest BCUT2D eigenvalue weighted by atomic mass is 9.80. The van der Waals surface area contributed by atoms with Gasteiger partial charge in [0.15, 0.2) is 0 Å². The SMILES string of the molecule is CC1CCCC(CC(=O)N2CCC(CN)C2)C1. The van der Waals surface area contributed by atoms with Gasteiger partial charge in [-0.15, -0.1) is 0 Å². The van der Waals surface area contributed by atoms with Crippen LogP contribution in [0, 0.1) is 17.8 Å². The fourth-order valence-corrected chi connectivity index (χ4v) is 3.37. The van der Waals surface area contributed by atoms with Crippen LogP contribution in [0.15, 0.2) is 0 Å². The van der Waals surface area contributed by atoms with Gasteiger partial charge in [0.1, 0.15) is 0 Å². The maximum absolute atomic E-state index is 12.2. The highest BCUT2D eigenvalue weighted by Crippen LogP contribution is 2.31. The number of nitrogens with zero attached hydrogens (tertiary/aromatic N) is 1. The van der Waals surface area contributed by atoms with Crippen molar-refractivity contribution in [1.29, 1.82) is 0 Å². The third-order valence-corrected chi connectivity index (χ3v) is 4.48. The number of nitrogens with two attached hydrogens (primary N) is 1. The number of hydrogen-bond acceptors (Lipinski definition) is 2. The summed E-state index contributed by atoms with van der Waals surface area (Å²) in [6.07, 6.45) is 7.04. The first-order valence-corrected chi connectivity index (χ1v) is 7.17. The lowest BCUT2D eigenvalue weighted by Crippen LogP contribution is -2.32. The first-order chi connectivity index (χ1) is 8.19. The third kappa shape index (κ3) is 3.44. The van der Waals surface area contributed by atoms with E-state index >= 15 is 0 Å². The summed E-state index contributed by atoms with van der Waals surface area (Å²) in [7, 11) is 0. The second-order valence-electron chi connectivity index (χ2n) is 6.07. The van der Waals surface area contributed by atoms with Crippen molar-refractivity contribution in [2.75, 3.05) is 19.6 Å². The number of hydrogen-bond donors (Lipinski definition) is 1. The average Bonchev–Trinajstić information content (AvgIpc) is 2.77. The molecule has 0 radical (unpaired) electrons. The molecule has 3 unspecified atom stereocenters. The zero-order valence-corrected chi connectivity index (χ0v) is 11.0. The summed E-state index contributed by atoms with van der Waals surface area (Å²) in [5.41, 5.74) is 5.66. The van der Waals surface area contributed by atoms with Gasteiger partial charge in [-0.2, -0.15) is 0 Å². The van der Waals surface area contributed by atoms with E-state index in [1.165, 1.54) is 25.7 Å². The molecule has 0 spiro atoms. The second-order valence-corrected chi connectivity index (χ2v) is 6.07. The summed E-state index contributed by atoms with van der Waals surface area (Å²) in [6.45, 7) is 4.88. The number of carbonyl (C=O) groups is 1. The molecule has 2 fully saturated rings. The Balaban J connectivity index is 1.77. The van der Waals surface area contributed by atoms with Crippen molar-refractivity contribution in [3.05, 3.63) is 0 Å². The first-order valence-electron chi connectivity index (χ1n) is 7.17. The Kier molecular flexibility index (Phi) is 4.43. The topological polar surface area (TPSA) is 46.3 Å². The van der Waals surface area contributed by atoms with Crippen molar-refractivity contribution in [2.24, 2.45) is 23.5 Å². The van der Waals surface area contributed by atoms with Crippen LogP contribution in [0.3, 0.4) is 0 Å². The molecule has 1 heterocycles. The minimum atomic E-state index is 0.375. The minimum Gasteiger partial charge on any atom is -0.342 e. The van der Waals surface area contributed by atoms with Gasteiger partial charge in [-0.05, 0) is 43.6 Å². The van der Waals surface area contributed by atoms with Crippen molar-refractivity contribution in [2.45, 2.75) is 45.4 Å². The molecule has 1 aliphatic carbocycles. The maximum atomic E-state index is 12.2. The second kappa shape index (κ2) is 5.85. The highest BCUT2D eigenvalue weighted by molar-refractivity contribution is 5.76. The molecule has 3 atom stereocenters. The number of carbonyl (C=O) groups excluding carboxylic acids is 1. The molecule has 2 rings (SSSR count). The van der Waals surface area contributed by atoms with Crippen molar-refractivity contribution < 1.29 is 4.79 Å². The Labute approximate surface area is 105 Å². The maximum Gasteiger partial charge on any atom is 0.222 e. The molecule has 2 aliphatic rings. The van der Waals surface area contributed by atoms with E-state index in [1.54, 1.807) is 0 Å². The van der Waals surface area contributed by atoms with E-state index in [-0.39, 0.29) is 0 Å². The van der Waals surface area contributed by atoms with Crippen LogP contribution < -0.4 is 5.73 Å². The summed E-state index contributed by atoms with van der Waals surface area (Å²) in [5.74, 6) is 2.38. The standard InChI is InChI=1S/C14H26N2O/c1-11-3-2-4-12(7-11)8-14(17)16-6-5-13(9-15)10-16/h11-13H,2-10,15H2,1H3. The van der Waals surface area contributed by atoms with Crippen LogP contribution in [0.2, 0.25) is 0 Å². The van der Waals surface area contributed by atoms with Gasteiger partial charge in [-0.25, -0.2) is 0 Å². The lowest BCUT2D eigenvalue weighted by molar-refractivity contribution is -0.131. The van der Waals surface area contributed by atoms with Gasteiger partial charge in [0.05, 0.1) is 0 Å². The zero-order valence-electron chi connectivity index (χ0n) is 11.0. The lowest BCUT2D eigenvalue weighted by Gasteiger charge is -2.27. The molecule has 1 saturated heterocycles. The van der Waals surface area contributed by atoms with Gasteiger partial charge >= 0.3 is 0 Å². The molecule has 0 aromatic carbocycles. The molecule has 3 nitrogen and oxygen atoms in total. The van der Waals surface area contributed by atoms with E-state index in [4.69, 9.17) is 5.73 Å². The predicted molar refractivity (Wildman–Crippen MR) is 69.5 cm³/mol. The number of rotatable bonds is 3. The molecule has 17 heavy (non-hydrogen) atoms. The van der Waals surface area contributed by atoms with Gasteiger partial charge in [-0.3, -0.25) is 4.79 Å². The van der Waals surface area contributed by atoms with Crippen molar-refractivity contribution >= 4 is 5.91 Å². The van der Waals surface area contributed by atoms with Crippen molar-refractivity contribution in [3.8, 4) is 0 Å². The summed E-state index contributed by atoms with van der Waals surface area (Å²) >= 11 is 0. The van der Waals surface area contributed by atoms with Gasteiger partial charge in [0, 0.05) is 19.5 Å². The predicted octanol–water partition coefficient (Wildman–Crippen LogP) is 2.01. The molecular formula is C14H26N2O. The van der Waals surface area contributed by atoms with Crippen LogP contribution in [0.5, 0.6) is 0 Å². The van der Waals surface area contributed by atoms with E-state index in [2.05, 4.69) is 6.92 Å². The quantitative estimate of drug-likeness (QED) is 0.817. The molecule has 2 N–H and O–H groups in total. The van der Waals surface area contributed by atoms with Crippen LogP contribution in [0.1, 0.15) is 45.4 Å². The number of likely N-dealkylation sites (tertiary alicyclic amines) is 1. The molecule has 0 aromatic heterocycles. The Morgan fingerprint density at radius 3 is 2.76 bits per heavy atom. The van der Waals surface area contributed by atoms with Gasteiger partial charge in [0.25, 0.3) is 0 Å². The molecule has 1 aliphatic heterocycles. The summed E-state index contributed by atoms with van der Waals surface area (Å²) in [6, 6.07) is 0. The molecule has 1 saturated carbocycles. The Bertz CT molecular complexity index is 267. The number of amides is 1. The van der Waals surface area contributed by atoms with Crippen molar-refractivity contribution in [3.63, 3.8) is 0 Å². The van der Waals surface area contributed by atoms with E-state index in [9.17, 15) is 4.79 Å². The fraction of sp³-hybridized carbons (Fsp3) is 0.929. The molecule has 0 aromatic rings. The van der Waals surface area contributed by atoms with Crippen LogP contribution in [0.4, 0.5) is 0 Å². The van der Waals surface area contributed by atoms with E-state index in [1.807, 2.05) is 4.90 Å². The molecule has 0 bridgehead atoms.